The lowest BCUT2D eigenvalue weighted by Gasteiger charge is -2.21. The molecule has 1 aliphatic heterocycles. The zero-order valence-electron chi connectivity index (χ0n) is 6.49. The van der Waals surface area contributed by atoms with E-state index in [1.165, 1.54) is 5.69 Å². The fraction of sp³-hybridized carbons (Fsp3) is 0.222. The van der Waals surface area contributed by atoms with E-state index in [0.29, 0.717) is 0 Å². The molecule has 0 saturated heterocycles. The molecule has 1 aliphatic rings. The van der Waals surface area contributed by atoms with Gasteiger partial charge in [0.2, 0.25) is 0 Å². The molecule has 0 spiro atoms. The monoisotopic (exact) mass is 146 g/mol. The van der Waals surface area contributed by atoms with Gasteiger partial charge in [-0.3, -0.25) is 4.99 Å². The van der Waals surface area contributed by atoms with Gasteiger partial charge in [0.25, 0.3) is 0 Å². The van der Waals surface area contributed by atoms with Gasteiger partial charge in [-0.1, -0.05) is 12.1 Å². The third kappa shape index (κ3) is 1.00. The van der Waals surface area contributed by atoms with Crippen molar-refractivity contribution in [2.75, 3.05) is 18.5 Å². The number of anilines is 1. The van der Waals surface area contributed by atoms with Crippen LogP contribution in [0.15, 0.2) is 29.3 Å². The summed E-state index contributed by atoms with van der Waals surface area (Å²) in [6.07, 6.45) is 1.93. The molecule has 0 unspecified atom stereocenters. The summed E-state index contributed by atoms with van der Waals surface area (Å²) in [5.74, 6) is 0. The van der Waals surface area contributed by atoms with Crippen LogP contribution < -0.4 is 4.90 Å². The molecular weight excluding hydrogens is 136 g/mol. The van der Waals surface area contributed by atoms with Crippen molar-refractivity contribution in [1.29, 1.82) is 0 Å². The molecule has 1 aromatic carbocycles. The van der Waals surface area contributed by atoms with E-state index in [1.807, 2.05) is 24.4 Å². The van der Waals surface area contributed by atoms with E-state index < -0.39 is 0 Å². The van der Waals surface area contributed by atoms with Gasteiger partial charge in [0.1, 0.15) is 0 Å². The van der Waals surface area contributed by atoms with Gasteiger partial charge < -0.3 is 4.90 Å². The van der Waals surface area contributed by atoms with Crippen LogP contribution in [0.4, 0.5) is 11.4 Å². The molecule has 0 amide bonds. The van der Waals surface area contributed by atoms with Crippen LogP contribution in [0.3, 0.4) is 0 Å². The van der Waals surface area contributed by atoms with Crippen LogP contribution >= 0.6 is 0 Å². The van der Waals surface area contributed by atoms with Gasteiger partial charge in [-0.2, -0.15) is 0 Å². The molecule has 2 rings (SSSR count). The Morgan fingerprint density at radius 1 is 1.36 bits per heavy atom. The number of hydrogen-bond donors (Lipinski definition) is 0. The summed E-state index contributed by atoms with van der Waals surface area (Å²) in [6.45, 7) is 0.914. The van der Waals surface area contributed by atoms with Gasteiger partial charge in [-0.25, -0.2) is 0 Å². The second kappa shape index (κ2) is 2.38. The van der Waals surface area contributed by atoms with Crippen molar-refractivity contribution in [3.8, 4) is 0 Å². The van der Waals surface area contributed by atoms with Gasteiger partial charge in [-0.05, 0) is 12.1 Å². The van der Waals surface area contributed by atoms with Crippen LogP contribution in [0.2, 0.25) is 0 Å². The maximum atomic E-state index is 4.28. The molecule has 0 atom stereocenters. The van der Waals surface area contributed by atoms with E-state index >= 15 is 0 Å². The maximum Gasteiger partial charge on any atom is 0.0859 e. The highest BCUT2D eigenvalue weighted by Gasteiger charge is 2.07. The lowest BCUT2D eigenvalue weighted by Crippen LogP contribution is -2.21. The minimum Gasteiger partial charge on any atom is -0.368 e. The van der Waals surface area contributed by atoms with Crippen LogP contribution in [0.5, 0.6) is 0 Å². The molecule has 56 valence electrons. The van der Waals surface area contributed by atoms with E-state index in [1.54, 1.807) is 0 Å². The van der Waals surface area contributed by atoms with Crippen molar-refractivity contribution in [3.05, 3.63) is 24.3 Å². The molecule has 1 aromatic rings. The fourth-order valence-electron chi connectivity index (χ4n) is 1.26. The number of nitrogens with zero attached hydrogens (tertiary/aromatic N) is 2. The van der Waals surface area contributed by atoms with Crippen LogP contribution in [0.1, 0.15) is 0 Å². The van der Waals surface area contributed by atoms with Crippen LogP contribution in [0, 0.1) is 0 Å². The summed E-state index contributed by atoms with van der Waals surface area (Å²) in [4.78, 5) is 6.46. The first-order valence-electron chi connectivity index (χ1n) is 3.70. The average molecular weight is 146 g/mol. The number of fused-ring (bicyclic) bond motifs is 1. The van der Waals surface area contributed by atoms with Crippen LogP contribution in [-0.2, 0) is 0 Å². The molecule has 2 heteroatoms. The third-order valence-corrected chi connectivity index (χ3v) is 1.88. The number of aliphatic imine (C=N–C) groups is 1. The summed E-state index contributed by atoms with van der Waals surface area (Å²) in [7, 11) is 2.07. The standard InChI is InChI=1S/C9H10N2/c1-11-7-6-10-8-4-2-3-5-9(8)11/h2-6H,7H2,1H3. The van der Waals surface area contributed by atoms with Crippen LogP contribution in [0.25, 0.3) is 0 Å². The third-order valence-electron chi connectivity index (χ3n) is 1.88. The van der Waals surface area contributed by atoms with Crippen molar-refractivity contribution in [3.63, 3.8) is 0 Å². The predicted octanol–water partition coefficient (Wildman–Crippen LogP) is 1.84. The molecule has 0 N–H and O–H groups in total. The molecule has 0 aromatic heterocycles. The zero-order chi connectivity index (χ0) is 7.68. The van der Waals surface area contributed by atoms with Crippen LogP contribution in [-0.4, -0.2) is 19.8 Å². The average Bonchev–Trinajstić information content (AvgIpc) is 2.06. The summed E-state index contributed by atoms with van der Waals surface area (Å²) in [5.41, 5.74) is 2.29. The SMILES string of the molecule is CN1CC=Nc2ccccc21. The Kier molecular flexibility index (Phi) is 1.39. The number of benzene rings is 1. The van der Waals surface area contributed by atoms with Gasteiger partial charge in [0.05, 0.1) is 17.9 Å². The summed E-state index contributed by atoms with van der Waals surface area (Å²) < 4.78 is 0. The highest BCUT2D eigenvalue weighted by molar-refractivity contribution is 5.81. The Hall–Kier alpha value is -1.31. The Bertz CT molecular complexity index is 291. The zero-order valence-corrected chi connectivity index (χ0v) is 6.49. The molecule has 0 aliphatic carbocycles. The predicted molar refractivity (Wildman–Crippen MR) is 47.9 cm³/mol. The first kappa shape index (κ1) is 6.40. The lowest BCUT2D eigenvalue weighted by molar-refractivity contribution is 1.05. The first-order chi connectivity index (χ1) is 5.38. The number of para-hydroxylation sites is 2. The highest BCUT2D eigenvalue weighted by atomic mass is 15.1. The molecule has 2 nitrogen and oxygen atoms in total. The van der Waals surface area contributed by atoms with E-state index in [2.05, 4.69) is 23.0 Å². The Balaban J connectivity index is 2.54. The van der Waals surface area contributed by atoms with E-state index in [9.17, 15) is 0 Å². The molecule has 0 saturated carbocycles. The topological polar surface area (TPSA) is 15.6 Å². The molecular formula is C9H10N2. The second-order valence-corrected chi connectivity index (χ2v) is 2.68. The molecule has 0 fully saturated rings. The Morgan fingerprint density at radius 2 is 2.18 bits per heavy atom. The first-order valence-corrected chi connectivity index (χ1v) is 3.70. The van der Waals surface area contributed by atoms with Crippen molar-refractivity contribution >= 4 is 17.6 Å². The van der Waals surface area contributed by atoms with Crippen molar-refractivity contribution in [2.45, 2.75) is 0 Å². The summed E-state index contributed by atoms with van der Waals surface area (Å²) >= 11 is 0. The summed E-state index contributed by atoms with van der Waals surface area (Å²) in [5, 5.41) is 0. The number of rotatable bonds is 0. The minimum atomic E-state index is 0.914. The Labute approximate surface area is 66.2 Å². The largest absolute Gasteiger partial charge is 0.368 e. The molecule has 1 heterocycles. The van der Waals surface area contributed by atoms with Crippen molar-refractivity contribution in [1.82, 2.24) is 0 Å². The van der Waals surface area contributed by atoms with E-state index in [0.717, 1.165) is 12.2 Å². The van der Waals surface area contributed by atoms with Crippen molar-refractivity contribution < 1.29 is 0 Å². The smallest absolute Gasteiger partial charge is 0.0859 e. The molecule has 0 bridgehead atoms. The second-order valence-electron chi connectivity index (χ2n) is 2.68. The van der Waals surface area contributed by atoms with Gasteiger partial charge in [0, 0.05) is 13.3 Å². The van der Waals surface area contributed by atoms with Crippen molar-refractivity contribution in [2.24, 2.45) is 4.99 Å². The lowest BCUT2D eigenvalue weighted by atomic mass is 10.2. The van der Waals surface area contributed by atoms with E-state index in [-0.39, 0.29) is 0 Å². The van der Waals surface area contributed by atoms with E-state index in [4.69, 9.17) is 0 Å². The maximum absolute atomic E-state index is 4.28. The quantitative estimate of drug-likeness (QED) is 0.545. The minimum absolute atomic E-state index is 0.914. The molecule has 0 radical (unpaired) electrons. The Morgan fingerprint density at radius 3 is 3.00 bits per heavy atom. The number of hydrogen-bond acceptors (Lipinski definition) is 2. The van der Waals surface area contributed by atoms with Gasteiger partial charge in [-0.15, -0.1) is 0 Å². The summed E-state index contributed by atoms with van der Waals surface area (Å²) in [6, 6.07) is 8.17. The normalized spacial score (nSPS) is 14.8. The van der Waals surface area contributed by atoms with Gasteiger partial charge in [0.15, 0.2) is 0 Å². The van der Waals surface area contributed by atoms with Gasteiger partial charge >= 0.3 is 0 Å². The highest BCUT2D eigenvalue weighted by Crippen LogP contribution is 2.28. The fourth-order valence-corrected chi connectivity index (χ4v) is 1.26. The molecule has 11 heavy (non-hydrogen) atoms.